The van der Waals surface area contributed by atoms with Gasteiger partial charge in [-0.15, -0.1) is 0 Å². The molecule has 1 unspecified atom stereocenters. The van der Waals surface area contributed by atoms with Gasteiger partial charge in [-0.2, -0.15) is 5.10 Å². The Balaban J connectivity index is 1.84. The quantitative estimate of drug-likeness (QED) is 0.236. The van der Waals surface area contributed by atoms with E-state index in [4.69, 9.17) is 39.1 Å². The summed E-state index contributed by atoms with van der Waals surface area (Å²) in [6.45, 7) is -0.680. The number of carbonyl (C=O) groups is 2. The van der Waals surface area contributed by atoms with E-state index in [1.165, 1.54) is 0 Å². The average Bonchev–Trinajstić information content (AvgIpc) is 3.62. The number of anilines is 1. The van der Waals surface area contributed by atoms with E-state index in [0.717, 1.165) is 0 Å². The SMILES string of the molecule is N=Cc1nn(-c2c(Cl)cc(S(F)(F)(F)(F)F)cc2Cl)c(NC(=O)OCC2CC2(F)F)c1C1(C(N)=O)CC1. The second-order valence-corrected chi connectivity index (χ2v) is 11.9. The van der Waals surface area contributed by atoms with Gasteiger partial charge in [0.1, 0.15) is 28.7 Å². The van der Waals surface area contributed by atoms with Crippen LogP contribution in [0.3, 0.4) is 0 Å². The van der Waals surface area contributed by atoms with Crippen LogP contribution in [-0.2, 0) is 14.9 Å². The van der Waals surface area contributed by atoms with E-state index in [9.17, 15) is 37.8 Å². The molecule has 1 atom stereocenters. The molecule has 2 amide bonds. The first-order valence-corrected chi connectivity index (χ1v) is 12.9. The first-order valence-electron chi connectivity index (χ1n) is 10.2. The van der Waals surface area contributed by atoms with Gasteiger partial charge in [0.15, 0.2) is 0 Å². The summed E-state index contributed by atoms with van der Waals surface area (Å²) in [7, 11) is -10.2. The Kier molecular flexibility index (Phi) is 5.66. The minimum atomic E-state index is -10.2. The third-order valence-corrected chi connectivity index (χ3v) is 7.69. The Labute approximate surface area is 213 Å². The van der Waals surface area contributed by atoms with Gasteiger partial charge in [0.25, 0.3) is 5.92 Å². The van der Waals surface area contributed by atoms with Crippen molar-refractivity contribution >= 4 is 57.5 Å². The molecule has 1 aromatic carbocycles. The van der Waals surface area contributed by atoms with Gasteiger partial charge < -0.3 is 15.9 Å². The summed E-state index contributed by atoms with van der Waals surface area (Å²) in [6.07, 6.45) is -0.913. The fourth-order valence-electron chi connectivity index (χ4n) is 3.76. The summed E-state index contributed by atoms with van der Waals surface area (Å²) in [5.41, 5.74) is 2.98. The molecule has 0 bridgehead atoms. The van der Waals surface area contributed by atoms with Crippen molar-refractivity contribution in [2.24, 2.45) is 11.7 Å². The van der Waals surface area contributed by atoms with E-state index in [1.807, 2.05) is 0 Å². The van der Waals surface area contributed by atoms with E-state index < -0.39 is 79.0 Å². The number of hydrogen-bond donors (Lipinski definition) is 3. The summed E-state index contributed by atoms with van der Waals surface area (Å²) in [6, 6.07) is -0.179. The molecule has 2 aliphatic rings. The Morgan fingerprint density at radius 2 is 1.76 bits per heavy atom. The lowest BCUT2D eigenvalue weighted by Crippen LogP contribution is -2.30. The first-order chi connectivity index (χ1) is 16.7. The van der Waals surface area contributed by atoms with Crippen molar-refractivity contribution in [1.29, 1.82) is 5.41 Å². The molecule has 4 rings (SSSR count). The molecule has 18 heteroatoms. The van der Waals surface area contributed by atoms with E-state index in [-0.39, 0.29) is 36.2 Å². The summed E-state index contributed by atoms with van der Waals surface area (Å²) in [5.74, 6) is -5.59. The van der Waals surface area contributed by atoms with Crippen LogP contribution in [0.25, 0.3) is 5.69 Å². The lowest BCUT2D eigenvalue weighted by Gasteiger charge is -2.40. The highest BCUT2D eigenvalue weighted by Gasteiger charge is 2.66. The third-order valence-electron chi connectivity index (χ3n) is 5.99. The van der Waals surface area contributed by atoms with Gasteiger partial charge in [0.05, 0.1) is 21.4 Å². The lowest BCUT2D eigenvalue weighted by atomic mass is 9.94. The summed E-state index contributed by atoms with van der Waals surface area (Å²) >= 11 is 11.8. The van der Waals surface area contributed by atoms with Gasteiger partial charge in [-0.3, -0.25) is 10.1 Å². The highest BCUT2D eigenvalue weighted by Crippen LogP contribution is 3.02. The van der Waals surface area contributed by atoms with Crippen molar-refractivity contribution in [2.75, 3.05) is 11.9 Å². The Bertz CT molecular complexity index is 1340. The molecule has 2 saturated carbocycles. The van der Waals surface area contributed by atoms with Gasteiger partial charge in [-0.05, 0) is 25.0 Å². The van der Waals surface area contributed by atoms with Crippen LogP contribution in [0.4, 0.5) is 38.8 Å². The van der Waals surface area contributed by atoms with Crippen molar-refractivity contribution < 1.29 is 42.5 Å². The maximum absolute atomic E-state index is 13.3. The van der Waals surface area contributed by atoms with Crippen LogP contribution in [0.1, 0.15) is 30.5 Å². The number of rotatable bonds is 8. The molecule has 2 fully saturated rings. The molecule has 8 nitrogen and oxygen atoms in total. The molecule has 1 heterocycles. The summed E-state index contributed by atoms with van der Waals surface area (Å²) in [4.78, 5) is 22.3. The predicted octanol–water partition coefficient (Wildman–Crippen LogP) is 6.55. The Morgan fingerprint density at radius 3 is 2.16 bits per heavy atom. The van der Waals surface area contributed by atoms with E-state index in [1.54, 1.807) is 0 Å². The highest BCUT2D eigenvalue weighted by atomic mass is 35.5. The second kappa shape index (κ2) is 7.66. The number of alkyl halides is 2. The van der Waals surface area contributed by atoms with Crippen molar-refractivity contribution in [1.82, 2.24) is 9.78 Å². The number of carbonyl (C=O) groups excluding carboxylic acids is 2. The lowest BCUT2D eigenvalue weighted by molar-refractivity contribution is -0.120. The van der Waals surface area contributed by atoms with Crippen LogP contribution in [0, 0.1) is 11.3 Å². The Morgan fingerprint density at radius 1 is 1.22 bits per heavy atom. The van der Waals surface area contributed by atoms with E-state index >= 15 is 0 Å². The zero-order valence-corrected chi connectivity index (χ0v) is 20.5. The molecular formula is C19H16Cl2F7N5O3S. The van der Waals surface area contributed by atoms with Crippen molar-refractivity contribution in [3.63, 3.8) is 0 Å². The molecule has 204 valence electrons. The van der Waals surface area contributed by atoms with Crippen LogP contribution in [0.5, 0.6) is 0 Å². The van der Waals surface area contributed by atoms with Crippen LogP contribution in [-0.4, -0.2) is 40.5 Å². The monoisotopic (exact) mass is 597 g/mol. The van der Waals surface area contributed by atoms with Gasteiger partial charge in [0, 0.05) is 18.2 Å². The smallest absolute Gasteiger partial charge is 0.412 e. The van der Waals surface area contributed by atoms with Crippen molar-refractivity contribution in [3.05, 3.63) is 33.4 Å². The second-order valence-electron chi connectivity index (χ2n) is 8.70. The molecule has 0 saturated heterocycles. The van der Waals surface area contributed by atoms with Gasteiger partial charge in [-0.1, -0.05) is 42.6 Å². The van der Waals surface area contributed by atoms with Gasteiger partial charge in [-0.25, -0.2) is 18.3 Å². The summed E-state index contributed by atoms with van der Waals surface area (Å²) in [5, 5.41) is 11.8. The minimum absolute atomic E-state index is 0.0893. The number of halogens is 9. The number of aromatic nitrogens is 2. The zero-order chi connectivity index (χ0) is 27.8. The average molecular weight is 598 g/mol. The van der Waals surface area contributed by atoms with E-state index in [0.29, 0.717) is 10.9 Å². The largest absolute Gasteiger partial charge is 0.449 e. The number of benzene rings is 1. The third kappa shape index (κ3) is 5.05. The molecule has 0 radical (unpaired) electrons. The standard InChI is InChI=1S/C19H16Cl2F7N5O3S/c20-10-3-9(37(24,25,26,27)28)4-11(21)14(10)33-15(31-17(35)36-7-8-5-19(8,22)23)13(12(6-29)32-33)18(1-2-18)16(30)34/h3-4,6,8,29H,1-2,5,7H2,(H2,30,34)(H,31,35). The van der Waals surface area contributed by atoms with Crippen LogP contribution < -0.4 is 11.1 Å². The summed E-state index contributed by atoms with van der Waals surface area (Å²) < 4.78 is 98.3. The molecule has 0 aliphatic heterocycles. The normalized spacial score (nSPS) is 21.4. The zero-order valence-electron chi connectivity index (χ0n) is 18.1. The van der Waals surface area contributed by atoms with Gasteiger partial charge >= 0.3 is 16.3 Å². The predicted molar refractivity (Wildman–Crippen MR) is 121 cm³/mol. The number of amides is 2. The molecule has 1 aromatic heterocycles. The fraction of sp³-hybridized carbons (Fsp3) is 0.368. The molecule has 2 aliphatic carbocycles. The fourth-order valence-corrected chi connectivity index (χ4v) is 5.21. The number of nitrogens with two attached hydrogens (primary N) is 1. The molecule has 0 spiro atoms. The molecule has 4 N–H and O–H groups in total. The van der Waals surface area contributed by atoms with Crippen molar-refractivity contribution in [3.8, 4) is 5.69 Å². The van der Waals surface area contributed by atoms with Crippen LogP contribution in [0.2, 0.25) is 10.0 Å². The Hall–Kier alpha value is -2.72. The van der Waals surface area contributed by atoms with E-state index in [2.05, 4.69) is 10.4 Å². The van der Waals surface area contributed by atoms with Crippen LogP contribution >= 0.6 is 33.4 Å². The van der Waals surface area contributed by atoms with Crippen molar-refractivity contribution in [2.45, 2.75) is 35.5 Å². The maximum atomic E-state index is 13.3. The molecule has 2 aromatic rings. The number of primary amides is 1. The number of ether oxygens (including phenoxy) is 1. The highest BCUT2D eigenvalue weighted by molar-refractivity contribution is 8.45. The topological polar surface area (TPSA) is 123 Å². The molecular weight excluding hydrogens is 582 g/mol. The first kappa shape index (κ1) is 27.3. The maximum Gasteiger partial charge on any atom is 0.412 e. The minimum Gasteiger partial charge on any atom is -0.449 e. The number of nitrogens with one attached hydrogen (secondary N) is 2. The van der Waals surface area contributed by atoms with Gasteiger partial charge in [0.2, 0.25) is 5.91 Å². The number of nitrogens with zero attached hydrogens (tertiary/aromatic N) is 2. The number of hydrogen-bond acceptors (Lipinski definition) is 5. The van der Waals surface area contributed by atoms with Crippen LogP contribution in [0.15, 0.2) is 17.0 Å². The molecule has 37 heavy (non-hydrogen) atoms.